The zero-order valence-corrected chi connectivity index (χ0v) is 18.2. The standard InChI is InChI=1S/C25H25O3S/c1-16-14-18(15-17(2)23(16)27-24(26)28-25(3,4)5)29-21-12-8-6-10-19(21)20-11-7-9-13-22(20)29/h6-15H,1-5H3/q+1. The van der Waals surface area contributed by atoms with Gasteiger partial charge in [-0.1, -0.05) is 24.3 Å². The van der Waals surface area contributed by atoms with Gasteiger partial charge in [0.25, 0.3) is 0 Å². The molecule has 0 amide bonds. The third kappa shape index (κ3) is 3.73. The summed E-state index contributed by atoms with van der Waals surface area (Å²) in [6.07, 6.45) is -0.671. The maximum Gasteiger partial charge on any atom is 0.514 e. The molecule has 148 valence electrons. The Morgan fingerprint density at radius 3 is 1.79 bits per heavy atom. The number of rotatable bonds is 2. The molecule has 0 aliphatic carbocycles. The molecule has 0 spiro atoms. The summed E-state index contributed by atoms with van der Waals surface area (Å²) in [6.45, 7) is 9.44. The van der Waals surface area contributed by atoms with Gasteiger partial charge in [-0.3, -0.25) is 0 Å². The molecule has 29 heavy (non-hydrogen) atoms. The molecule has 0 saturated heterocycles. The Labute approximate surface area is 173 Å². The predicted octanol–water partition coefficient (Wildman–Crippen LogP) is 7.66. The molecule has 1 aromatic heterocycles. The number of benzene rings is 3. The number of thiophene rings is 1. The minimum Gasteiger partial charge on any atom is -0.428 e. The lowest BCUT2D eigenvalue weighted by molar-refractivity contribution is 0.0203. The highest BCUT2D eigenvalue weighted by Crippen LogP contribution is 2.49. The molecule has 4 aromatic rings. The average molecular weight is 406 g/mol. The van der Waals surface area contributed by atoms with E-state index in [-0.39, 0.29) is 10.5 Å². The Balaban J connectivity index is 1.82. The summed E-state index contributed by atoms with van der Waals surface area (Å²) in [5.41, 5.74) is 1.28. The Kier molecular flexibility index (Phi) is 4.83. The summed E-state index contributed by atoms with van der Waals surface area (Å²) in [4.78, 5) is 13.4. The molecule has 4 heteroatoms. The zero-order valence-electron chi connectivity index (χ0n) is 17.4. The summed E-state index contributed by atoms with van der Waals surface area (Å²) >= 11 is 0. The molecule has 3 aromatic carbocycles. The third-order valence-corrected chi connectivity index (χ3v) is 7.05. The van der Waals surface area contributed by atoms with Crippen LogP contribution in [0, 0.1) is 13.8 Å². The number of carbonyl (C=O) groups is 1. The van der Waals surface area contributed by atoms with Crippen molar-refractivity contribution in [3.8, 4) is 10.6 Å². The van der Waals surface area contributed by atoms with Gasteiger partial charge in [0.15, 0.2) is 14.3 Å². The zero-order chi connectivity index (χ0) is 20.8. The lowest BCUT2D eigenvalue weighted by atomic mass is 10.1. The van der Waals surface area contributed by atoms with Gasteiger partial charge >= 0.3 is 6.16 Å². The maximum atomic E-state index is 12.2. The van der Waals surface area contributed by atoms with Crippen LogP contribution in [0.1, 0.15) is 31.9 Å². The van der Waals surface area contributed by atoms with E-state index in [4.69, 9.17) is 9.47 Å². The molecule has 4 rings (SSSR count). The number of hydrogen-bond acceptors (Lipinski definition) is 3. The summed E-state index contributed by atoms with van der Waals surface area (Å²) in [5, 5.41) is 2.60. The fraction of sp³-hybridized carbons (Fsp3) is 0.240. The Morgan fingerprint density at radius 2 is 1.31 bits per heavy atom. The molecule has 0 fully saturated rings. The molecule has 0 unspecified atom stereocenters. The molecule has 0 atom stereocenters. The van der Waals surface area contributed by atoms with E-state index in [2.05, 4.69) is 60.7 Å². The van der Waals surface area contributed by atoms with Crippen LogP contribution in [0.2, 0.25) is 0 Å². The predicted molar refractivity (Wildman–Crippen MR) is 122 cm³/mol. The van der Waals surface area contributed by atoms with E-state index in [1.807, 2.05) is 34.6 Å². The topological polar surface area (TPSA) is 35.5 Å². The van der Waals surface area contributed by atoms with Crippen molar-refractivity contribution in [3.63, 3.8) is 0 Å². The van der Waals surface area contributed by atoms with Gasteiger partial charge < -0.3 is 9.47 Å². The van der Waals surface area contributed by atoms with Gasteiger partial charge in [0.2, 0.25) is 0 Å². The van der Waals surface area contributed by atoms with Crippen LogP contribution in [0.3, 0.4) is 0 Å². The van der Waals surface area contributed by atoms with E-state index in [1.165, 1.54) is 25.1 Å². The van der Waals surface area contributed by atoms with Crippen LogP contribution in [-0.2, 0) is 4.74 Å². The molecule has 0 N–H and O–H groups in total. The van der Waals surface area contributed by atoms with Crippen LogP contribution < -0.4 is 4.74 Å². The van der Waals surface area contributed by atoms with Crippen molar-refractivity contribution >= 4 is 36.8 Å². The monoisotopic (exact) mass is 405 g/mol. The van der Waals surface area contributed by atoms with Gasteiger partial charge in [-0.25, -0.2) is 4.79 Å². The van der Waals surface area contributed by atoms with Gasteiger partial charge in [0, 0.05) is 33.4 Å². The Morgan fingerprint density at radius 1 is 0.828 bits per heavy atom. The highest BCUT2D eigenvalue weighted by atomic mass is 32.2. The van der Waals surface area contributed by atoms with E-state index in [9.17, 15) is 4.79 Å². The van der Waals surface area contributed by atoms with E-state index in [0.717, 1.165) is 11.1 Å². The van der Waals surface area contributed by atoms with Gasteiger partial charge in [0.1, 0.15) is 11.4 Å². The van der Waals surface area contributed by atoms with Crippen LogP contribution >= 0.6 is 10.5 Å². The van der Waals surface area contributed by atoms with Crippen LogP contribution in [0.15, 0.2) is 60.7 Å². The first-order valence-corrected chi connectivity index (χ1v) is 10.9. The van der Waals surface area contributed by atoms with Gasteiger partial charge in [-0.05, 0) is 70.0 Å². The minimum absolute atomic E-state index is 0.170. The first-order valence-electron chi connectivity index (χ1n) is 9.69. The SMILES string of the molecule is Cc1cc(-[s+]2c3ccccc3c3ccccc32)cc(C)c1OC(=O)OC(C)(C)C. The van der Waals surface area contributed by atoms with E-state index < -0.39 is 11.8 Å². The summed E-state index contributed by atoms with van der Waals surface area (Å²) < 4.78 is 13.5. The Bertz CT molecular complexity index is 1150. The van der Waals surface area contributed by atoms with E-state index in [1.54, 1.807) is 0 Å². The van der Waals surface area contributed by atoms with Crippen LogP contribution in [0.5, 0.6) is 5.75 Å². The summed E-state index contributed by atoms with van der Waals surface area (Å²) in [5.74, 6) is 0.576. The molecule has 0 bridgehead atoms. The van der Waals surface area contributed by atoms with Crippen LogP contribution in [0.25, 0.3) is 25.1 Å². The molecular weight excluding hydrogens is 380 g/mol. The molecular formula is C25H25O3S+. The van der Waals surface area contributed by atoms with E-state index in [0.29, 0.717) is 5.75 Å². The first kappa shape index (κ1) is 19.5. The second-order valence-electron chi connectivity index (χ2n) is 8.25. The molecule has 0 radical (unpaired) electrons. The molecule has 0 saturated carbocycles. The maximum absolute atomic E-state index is 12.2. The molecule has 3 nitrogen and oxygen atoms in total. The second-order valence-corrected chi connectivity index (χ2v) is 10.2. The highest BCUT2D eigenvalue weighted by molar-refractivity contribution is 7.50. The number of fused-ring (bicyclic) bond motifs is 3. The summed E-state index contributed by atoms with van der Waals surface area (Å²) in [7, 11) is -0.170. The smallest absolute Gasteiger partial charge is 0.428 e. The van der Waals surface area contributed by atoms with Gasteiger partial charge in [0.05, 0.1) is 0 Å². The van der Waals surface area contributed by atoms with Crippen LogP contribution in [0.4, 0.5) is 4.79 Å². The average Bonchev–Trinajstić information content (AvgIpc) is 2.98. The fourth-order valence-corrected chi connectivity index (χ4v) is 6.21. The summed E-state index contributed by atoms with van der Waals surface area (Å²) in [6, 6.07) is 21.5. The van der Waals surface area contributed by atoms with Gasteiger partial charge in [-0.2, -0.15) is 0 Å². The largest absolute Gasteiger partial charge is 0.514 e. The molecule has 1 heterocycles. The highest BCUT2D eigenvalue weighted by Gasteiger charge is 2.25. The van der Waals surface area contributed by atoms with Crippen molar-refractivity contribution in [1.82, 2.24) is 0 Å². The number of carbonyl (C=O) groups excluding carboxylic acids is 1. The fourth-order valence-electron chi connectivity index (χ4n) is 3.65. The number of ether oxygens (including phenoxy) is 2. The minimum atomic E-state index is -0.671. The lowest BCUT2D eigenvalue weighted by Gasteiger charge is -2.19. The molecule has 0 aliphatic heterocycles. The van der Waals surface area contributed by atoms with Gasteiger partial charge in [-0.15, -0.1) is 0 Å². The number of hydrogen-bond donors (Lipinski definition) is 0. The first-order chi connectivity index (χ1) is 13.7. The van der Waals surface area contributed by atoms with Crippen molar-refractivity contribution in [3.05, 3.63) is 71.8 Å². The van der Waals surface area contributed by atoms with Crippen molar-refractivity contribution in [2.45, 2.75) is 40.2 Å². The molecule has 0 aliphatic rings. The van der Waals surface area contributed by atoms with Crippen molar-refractivity contribution in [2.75, 3.05) is 0 Å². The second kappa shape index (κ2) is 7.20. The van der Waals surface area contributed by atoms with Crippen molar-refractivity contribution in [1.29, 1.82) is 0 Å². The van der Waals surface area contributed by atoms with E-state index >= 15 is 0 Å². The normalized spacial score (nSPS) is 11.8. The Hall–Kier alpha value is -2.85. The number of aryl methyl sites for hydroxylation is 2. The lowest BCUT2D eigenvalue weighted by Crippen LogP contribution is -2.26. The quantitative estimate of drug-likeness (QED) is 0.195. The third-order valence-electron chi connectivity index (χ3n) is 4.75. The van der Waals surface area contributed by atoms with Crippen molar-refractivity contribution < 1.29 is 14.3 Å². The van der Waals surface area contributed by atoms with Crippen molar-refractivity contribution in [2.24, 2.45) is 0 Å². The van der Waals surface area contributed by atoms with Crippen LogP contribution in [-0.4, -0.2) is 11.8 Å².